The smallest absolute Gasteiger partial charge is 0.338 e. The minimum absolute atomic E-state index is 0.0254. The molecule has 1 heterocycles. The predicted octanol–water partition coefficient (Wildman–Crippen LogP) is 4.52. The number of nitro groups is 1. The Morgan fingerprint density at radius 1 is 1.28 bits per heavy atom. The zero-order valence-electron chi connectivity index (χ0n) is 16.0. The Morgan fingerprint density at radius 3 is 2.72 bits per heavy atom. The molecule has 0 radical (unpaired) electrons. The highest BCUT2D eigenvalue weighted by Gasteiger charge is 2.25. The lowest BCUT2D eigenvalue weighted by Gasteiger charge is -2.32. The number of carbonyl (C=O) groups is 2. The second kappa shape index (κ2) is 9.05. The van der Waals surface area contributed by atoms with E-state index in [9.17, 15) is 19.7 Å². The van der Waals surface area contributed by atoms with E-state index in [1.807, 2.05) is 4.90 Å². The largest absolute Gasteiger partial charge is 0.454 e. The first-order chi connectivity index (χ1) is 13.9. The van der Waals surface area contributed by atoms with Gasteiger partial charge in [0.05, 0.1) is 15.5 Å². The number of nitrogens with zero attached hydrogens (tertiary/aromatic N) is 2. The molecule has 0 saturated carbocycles. The number of rotatable bonds is 6. The summed E-state index contributed by atoms with van der Waals surface area (Å²) in [4.78, 5) is 37.6. The highest BCUT2D eigenvalue weighted by atomic mass is 35.5. The van der Waals surface area contributed by atoms with Crippen LogP contribution in [0.1, 0.15) is 40.5 Å². The first-order valence-corrected chi connectivity index (χ1v) is 9.73. The molecule has 29 heavy (non-hydrogen) atoms. The summed E-state index contributed by atoms with van der Waals surface area (Å²) in [7, 11) is 0. The Bertz CT molecular complexity index is 946. The highest BCUT2D eigenvalue weighted by Crippen LogP contribution is 2.32. The lowest BCUT2D eigenvalue weighted by atomic mass is 9.99. The number of ether oxygens (including phenoxy) is 1. The van der Waals surface area contributed by atoms with Crippen molar-refractivity contribution in [3.05, 3.63) is 68.7 Å². The maximum atomic E-state index is 12.3. The van der Waals surface area contributed by atoms with Crippen LogP contribution < -0.4 is 4.90 Å². The van der Waals surface area contributed by atoms with E-state index in [1.165, 1.54) is 18.2 Å². The Hall–Kier alpha value is -2.93. The van der Waals surface area contributed by atoms with Gasteiger partial charge in [0.15, 0.2) is 6.61 Å². The molecule has 1 fully saturated rings. The van der Waals surface area contributed by atoms with Crippen LogP contribution in [0.15, 0.2) is 42.5 Å². The molecular formula is C21H21ClN2O5. The van der Waals surface area contributed by atoms with E-state index < -0.39 is 23.3 Å². The number of ketones is 1. The number of piperidine rings is 1. The van der Waals surface area contributed by atoms with E-state index in [1.54, 1.807) is 24.3 Å². The maximum absolute atomic E-state index is 12.3. The van der Waals surface area contributed by atoms with Crippen LogP contribution in [-0.2, 0) is 4.74 Å². The van der Waals surface area contributed by atoms with Crippen LogP contribution >= 0.6 is 11.6 Å². The fourth-order valence-corrected chi connectivity index (χ4v) is 3.69. The van der Waals surface area contributed by atoms with Crippen LogP contribution in [0.4, 0.5) is 11.4 Å². The molecule has 0 amide bonds. The molecule has 7 nitrogen and oxygen atoms in total. The molecule has 1 saturated heterocycles. The van der Waals surface area contributed by atoms with Gasteiger partial charge in [-0.25, -0.2) is 4.79 Å². The zero-order valence-corrected chi connectivity index (χ0v) is 16.7. The SMILES string of the molecule is C[C@H]1CCCN(c2ccc(C(=O)OCC(=O)c3ccccc3Cl)cc2[N+](=O)[O-])C1. The van der Waals surface area contributed by atoms with E-state index >= 15 is 0 Å². The van der Waals surface area contributed by atoms with Crippen molar-refractivity contribution in [1.82, 2.24) is 0 Å². The van der Waals surface area contributed by atoms with Crippen LogP contribution in [0.3, 0.4) is 0 Å². The normalized spacial score (nSPS) is 16.3. The number of hydrogen-bond donors (Lipinski definition) is 0. The molecule has 152 valence electrons. The molecule has 8 heteroatoms. The number of anilines is 1. The minimum atomic E-state index is -0.799. The lowest BCUT2D eigenvalue weighted by Crippen LogP contribution is -2.34. The van der Waals surface area contributed by atoms with Crippen molar-refractivity contribution >= 4 is 34.7 Å². The fourth-order valence-electron chi connectivity index (χ4n) is 3.45. The lowest BCUT2D eigenvalue weighted by molar-refractivity contribution is -0.384. The number of halogens is 1. The van der Waals surface area contributed by atoms with Gasteiger partial charge in [-0.3, -0.25) is 14.9 Å². The van der Waals surface area contributed by atoms with E-state index in [-0.39, 0.29) is 21.8 Å². The van der Waals surface area contributed by atoms with Crippen molar-refractivity contribution in [3.63, 3.8) is 0 Å². The maximum Gasteiger partial charge on any atom is 0.338 e. The summed E-state index contributed by atoms with van der Waals surface area (Å²) in [6.45, 7) is 3.08. The molecular weight excluding hydrogens is 396 g/mol. The first-order valence-electron chi connectivity index (χ1n) is 9.35. The Kier molecular flexibility index (Phi) is 6.49. The molecule has 0 bridgehead atoms. The Balaban J connectivity index is 1.74. The van der Waals surface area contributed by atoms with E-state index in [0.717, 1.165) is 25.9 Å². The molecule has 0 unspecified atom stereocenters. The van der Waals surface area contributed by atoms with Crippen molar-refractivity contribution in [3.8, 4) is 0 Å². The molecule has 0 aromatic heterocycles. The van der Waals surface area contributed by atoms with Crippen molar-refractivity contribution < 1.29 is 19.2 Å². The third-order valence-corrected chi connectivity index (χ3v) is 5.24. The second-order valence-electron chi connectivity index (χ2n) is 7.13. The molecule has 1 aliphatic heterocycles. The minimum Gasteiger partial charge on any atom is -0.454 e. The monoisotopic (exact) mass is 416 g/mol. The van der Waals surface area contributed by atoms with Crippen LogP contribution in [0.5, 0.6) is 0 Å². The fraction of sp³-hybridized carbons (Fsp3) is 0.333. The van der Waals surface area contributed by atoms with Gasteiger partial charge in [-0.1, -0.05) is 30.7 Å². The third kappa shape index (κ3) is 4.92. The van der Waals surface area contributed by atoms with Crippen molar-refractivity contribution in [2.45, 2.75) is 19.8 Å². The van der Waals surface area contributed by atoms with Gasteiger partial charge >= 0.3 is 5.97 Å². The summed E-state index contributed by atoms with van der Waals surface area (Å²) in [5, 5.41) is 11.8. The van der Waals surface area contributed by atoms with Gasteiger partial charge in [-0.2, -0.15) is 0 Å². The molecule has 0 spiro atoms. The average Bonchev–Trinajstić information content (AvgIpc) is 2.71. The molecule has 3 rings (SSSR count). The number of nitro benzene ring substituents is 1. The third-order valence-electron chi connectivity index (χ3n) is 4.91. The van der Waals surface area contributed by atoms with Crippen LogP contribution in [0, 0.1) is 16.0 Å². The average molecular weight is 417 g/mol. The molecule has 2 aromatic rings. The first kappa shape index (κ1) is 20.8. The van der Waals surface area contributed by atoms with Crippen molar-refractivity contribution in [2.24, 2.45) is 5.92 Å². The van der Waals surface area contributed by atoms with Gasteiger partial charge in [0.2, 0.25) is 5.78 Å². The van der Waals surface area contributed by atoms with Crippen molar-refractivity contribution in [1.29, 1.82) is 0 Å². The summed E-state index contributed by atoms with van der Waals surface area (Å²) >= 11 is 5.97. The predicted molar refractivity (Wildman–Crippen MR) is 110 cm³/mol. The van der Waals surface area contributed by atoms with Gasteiger partial charge in [-0.05, 0) is 43.0 Å². The number of esters is 1. The molecule has 1 atom stereocenters. The quantitative estimate of drug-likeness (QED) is 0.297. The molecule has 0 aliphatic carbocycles. The van der Waals surface area contributed by atoms with Gasteiger partial charge in [0.1, 0.15) is 5.69 Å². The topological polar surface area (TPSA) is 89.8 Å². The summed E-state index contributed by atoms with van der Waals surface area (Å²) < 4.78 is 5.05. The summed E-state index contributed by atoms with van der Waals surface area (Å²) in [5.41, 5.74) is 0.621. The summed E-state index contributed by atoms with van der Waals surface area (Å²) in [5.74, 6) is -0.798. The summed E-state index contributed by atoms with van der Waals surface area (Å²) in [6.07, 6.45) is 2.06. The van der Waals surface area contributed by atoms with E-state index in [4.69, 9.17) is 16.3 Å². The Labute approximate surface area is 173 Å². The van der Waals surface area contributed by atoms with Gasteiger partial charge in [-0.15, -0.1) is 0 Å². The van der Waals surface area contributed by atoms with Gasteiger partial charge in [0, 0.05) is 24.7 Å². The van der Waals surface area contributed by atoms with E-state index in [2.05, 4.69) is 6.92 Å². The number of benzene rings is 2. The van der Waals surface area contributed by atoms with Gasteiger partial charge < -0.3 is 9.64 Å². The molecule has 0 N–H and O–H groups in total. The summed E-state index contributed by atoms with van der Waals surface area (Å²) in [6, 6.07) is 10.7. The number of hydrogen-bond acceptors (Lipinski definition) is 6. The number of Topliss-reactive ketones (excluding diaryl/α,β-unsaturated/α-hetero) is 1. The van der Waals surface area contributed by atoms with Crippen LogP contribution in [-0.4, -0.2) is 36.4 Å². The van der Waals surface area contributed by atoms with Crippen molar-refractivity contribution in [2.75, 3.05) is 24.6 Å². The molecule has 1 aliphatic rings. The zero-order chi connectivity index (χ0) is 21.0. The van der Waals surface area contributed by atoms with Crippen LogP contribution in [0.25, 0.3) is 0 Å². The Morgan fingerprint density at radius 2 is 2.03 bits per heavy atom. The van der Waals surface area contributed by atoms with E-state index in [0.29, 0.717) is 11.6 Å². The number of carbonyl (C=O) groups excluding carboxylic acids is 2. The molecule has 2 aromatic carbocycles. The second-order valence-corrected chi connectivity index (χ2v) is 7.54. The van der Waals surface area contributed by atoms with Gasteiger partial charge in [0.25, 0.3) is 5.69 Å². The standard InChI is InChI=1S/C21H21ClN2O5/c1-14-5-4-10-23(12-14)18-9-8-15(11-19(18)24(27)28)21(26)29-13-20(25)16-6-2-3-7-17(16)22/h2-3,6-9,11,14H,4-5,10,12-13H2,1H3/t14-/m0/s1. The highest BCUT2D eigenvalue weighted by molar-refractivity contribution is 6.34. The van der Waals surface area contributed by atoms with Crippen LogP contribution in [0.2, 0.25) is 5.02 Å².